The van der Waals surface area contributed by atoms with Gasteiger partial charge in [0.1, 0.15) is 11.6 Å². The third-order valence-corrected chi connectivity index (χ3v) is 3.42. The number of nitrogen functional groups attached to an aromatic ring is 1. The molecule has 0 bridgehead atoms. The van der Waals surface area contributed by atoms with Crippen molar-refractivity contribution in [3.8, 4) is 17.0 Å². The van der Waals surface area contributed by atoms with Gasteiger partial charge in [-0.1, -0.05) is 27.2 Å². The summed E-state index contributed by atoms with van der Waals surface area (Å²) in [6.07, 6.45) is 3.15. The predicted octanol–water partition coefficient (Wildman–Crippen LogP) is 4.04. The molecule has 21 heavy (non-hydrogen) atoms. The SMILES string of the molecule is CCCCOc1ccc(-c2[nH]nc(N)c2CC(C)C)cc1. The molecule has 3 N–H and O–H groups in total. The summed E-state index contributed by atoms with van der Waals surface area (Å²) in [5.41, 5.74) is 9.18. The van der Waals surface area contributed by atoms with Gasteiger partial charge in [0.05, 0.1) is 12.3 Å². The van der Waals surface area contributed by atoms with E-state index < -0.39 is 0 Å². The zero-order valence-corrected chi connectivity index (χ0v) is 13.1. The third kappa shape index (κ3) is 4.00. The van der Waals surface area contributed by atoms with E-state index in [1.165, 1.54) is 0 Å². The highest BCUT2D eigenvalue weighted by atomic mass is 16.5. The van der Waals surface area contributed by atoms with Crippen LogP contribution in [0.4, 0.5) is 5.82 Å². The van der Waals surface area contributed by atoms with Crippen molar-refractivity contribution in [1.29, 1.82) is 0 Å². The molecule has 0 atom stereocenters. The molecule has 0 amide bonds. The molecule has 1 aromatic heterocycles. The molecule has 0 saturated heterocycles. The monoisotopic (exact) mass is 287 g/mol. The van der Waals surface area contributed by atoms with Crippen LogP contribution in [0.3, 0.4) is 0 Å². The largest absolute Gasteiger partial charge is 0.494 e. The van der Waals surface area contributed by atoms with Crippen LogP contribution in [0.1, 0.15) is 39.2 Å². The molecular weight excluding hydrogens is 262 g/mol. The Bertz CT molecular complexity index is 558. The minimum absolute atomic E-state index is 0.542. The first-order valence-electron chi connectivity index (χ1n) is 7.67. The molecule has 0 unspecified atom stereocenters. The van der Waals surface area contributed by atoms with Gasteiger partial charge in [0, 0.05) is 11.1 Å². The Morgan fingerprint density at radius 3 is 2.57 bits per heavy atom. The van der Waals surface area contributed by atoms with Crippen LogP contribution in [0.25, 0.3) is 11.3 Å². The van der Waals surface area contributed by atoms with Gasteiger partial charge >= 0.3 is 0 Å². The molecule has 2 aromatic rings. The molecule has 0 saturated carbocycles. The van der Waals surface area contributed by atoms with Crippen LogP contribution in [-0.4, -0.2) is 16.8 Å². The molecule has 0 aliphatic carbocycles. The van der Waals surface area contributed by atoms with Gasteiger partial charge < -0.3 is 10.5 Å². The fourth-order valence-corrected chi connectivity index (χ4v) is 2.29. The second-order valence-corrected chi connectivity index (χ2v) is 5.79. The number of H-pyrrole nitrogens is 1. The van der Waals surface area contributed by atoms with E-state index >= 15 is 0 Å². The van der Waals surface area contributed by atoms with Crippen molar-refractivity contribution in [2.24, 2.45) is 5.92 Å². The molecule has 0 aliphatic heterocycles. The summed E-state index contributed by atoms with van der Waals surface area (Å²) in [5, 5.41) is 7.20. The summed E-state index contributed by atoms with van der Waals surface area (Å²) in [6, 6.07) is 8.11. The quantitative estimate of drug-likeness (QED) is 0.755. The molecule has 0 fully saturated rings. The minimum atomic E-state index is 0.542. The van der Waals surface area contributed by atoms with E-state index in [0.29, 0.717) is 11.7 Å². The van der Waals surface area contributed by atoms with Crippen LogP contribution >= 0.6 is 0 Å². The standard InChI is InChI=1S/C17H25N3O/c1-4-5-10-21-14-8-6-13(7-9-14)16-15(11-12(2)3)17(18)20-19-16/h6-9,12H,4-5,10-11H2,1-3H3,(H3,18,19,20). The van der Waals surface area contributed by atoms with Gasteiger partial charge in [-0.3, -0.25) is 5.10 Å². The number of ether oxygens (including phenoxy) is 1. The smallest absolute Gasteiger partial charge is 0.149 e. The van der Waals surface area contributed by atoms with Crippen molar-refractivity contribution < 1.29 is 4.74 Å². The van der Waals surface area contributed by atoms with Crippen LogP contribution < -0.4 is 10.5 Å². The second kappa shape index (κ2) is 7.16. The first-order valence-corrected chi connectivity index (χ1v) is 7.67. The van der Waals surface area contributed by atoms with Crippen molar-refractivity contribution >= 4 is 5.82 Å². The number of unbranched alkanes of at least 4 members (excludes halogenated alkanes) is 1. The Balaban J connectivity index is 2.15. The van der Waals surface area contributed by atoms with Gasteiger partial charge in [0.25, 0.3) is 0 Å². The van der Waals surface area contributed by atoms with Crippen LogP contribution in [0.15, 0.2) is 24.3 Å². The number of aromatic amines is 1. The normalized spacial score (nSPS) is 11.0. The zero-order chi connectivity index (χ0) is 15.2. The van der Waals surface area contributed by atoms with Gasteiger partial charge in [-0.2, -0.15) is 5.10 Å². The molecule has 114 valence electrons. The number of benzene rings is 1. The van der Waals surface area contributed by atoms with E-state index in [1.54, 1.807) is 0 Å². The lowest BCUT2D eigenvalue weighted by molar-refractivity contribution is 0.309. The molecule has 0 spiro atoms. The first-order chi connectivity index (χ1) is 10.1. The number of hydrogen-bond donors (Lipinski definition) is 2. The second-order valence-electron chi connectivity index (χ2n) is 5.79. The molecule has 2 rings (SSSR count). The molecular formula is C17H25N3O. The maximum absolute atomic E-state index is 5.97. The number of nitrogens with two attached hydrogens (primary N) is 1. The maximum Gasteiger partial charge on any atom is 0.149 e. The Labute approximate surface area is 126 Å². The third-order valence-electron chi connectivity index (χ3n) is 3.42. The summed E-state index contributed by atoms with van der Waals surface area (Å²) in [5.74, 6) is 2.05. The Kier molecular flexibility index (Phi) is 5.26. The van der Waals surface area contributed by atoms with E-state index in [0.717, 1.165) is 48.4 Å². The molecule has 0 radical (unpaired) electrons. The molecule has 4 nitrogen and oxygen atoms in total. The molecule has 4 heteroatoms. The van der Waals surface area contributed by atoms with E-state index in [-0.39, 0.29) is 0 Å². The topological polar surface area (TPSA) is 63.9 Å². The van der Waals surface area contributed by atoms with Crippen molar-refractivity contribution in [3.63, 3.8) is 0 Å². The lowest BCUT2D eigenvalue weighted by Gasteiger charge is -2.09. The Morgan fingerprint density at radius 1 is 1.24 bits per heavy atom. The number of anilines is 1. The van der Waals surface area contributed by atoms with Gasteiger partial charge in [-0.15, -0.1) is 0 Å². The van der Waals surface area contributed by atoms with Crippen molar-refractivity contribution in [1.82, 2.24) is 10.2 Å². The number of nitrogens with zero attached hydrogens (tertiary/aromatic N) is 1. The average Bonchev–Trinajstić information content (AvgIpc) is 2.81. The number of aromatic nitrogens is 2. The fourth-order valence-electron chi connectivity index (χ4n) is 2.29. The van der Waals surface area contributed by atoms with Gasteiger partial charge in [0.15, 0.2) is 0 Å². The highest BCUT2D eigenvalue weighted by molar-refractivity contribution is 5.68. The fraction of sp³-hybridized carbons (Fsp3) is 0.471. The lowest BCUT2D eigenvalue weighted by Crippen LogP contribution is -1.99. The van der Waals surface area contributed by atoms with Crippen LogP contribution in [0.2, 0.25) is 0 Å². The van der Waals surface area contributed by atoms with E-state index in [1.807, 2.05) is 12.1 Å². The van der Waals surface area contributed by atoms with Gasteiger partial charge in [0.2, 0.25) is 0 Å². The minimum Gasteiger partial charge on any atom is -0.494 e. The molecule has 1 aromatic carbocycles. The van der Waals surface area contributed by atoms with Crippen molar-refractivity contribution in [3.05, 3.63) is 29.8 Å². The molecule has 1 heterocycles. The number of rotatable bonds is 7. The highest BCUT2D eigenvalue weighted by Crippen LogP contribution is 2.28. The first kappa shape index (κ1) is 15.4. The zero-order valence-electron chi connectivity index (χ0n) is 13.1. The lowest BCUT2D eigenvalue weighted by atomic mass is 9.99. The summed E-state index contributed by atoms with van der Waals surface area (Å²) < 4.78 is 5.69. The number of hydrogen-bond acceptors (Lipinski definition) is 3. The average molecular weight is 287 g/mol. The summed E-state index contributed by atoms with van der Waals surface area (Å²) in [4.78, 5) is 0. The van der Waals surface area contributed by atoms with Gasteiger partial charge in [-0.05, 0) is 43.0 Å². The van der Waals surface area contributed by atoms with Crippen LogP contribution in [0, 0.1) is 5.92 Å². The van der Waals surface area contributed by atoms with E-state index in [9.17, 15) is 0 Å². The molecule has 0 aliphatic rings. The summed E-state index contributed by atoms with van der Waals surface area (Å²) in [6.45, 7) is 7.29. The summed E-state index contributed by atoms with van der Waals surface area (Å²) in [7, 11) is 0. The number of nitrogens with one attached hydrogen (secondary N) is 1. The van der Waals surface area contributed by atoms with Crippen molar-refractivity contribution in [2.45, 2.75) is 40.0 Å². The summed E-state index contributed by atoms with van der Waals surface area (Å²) >= 11 is 0. The maximum atomic E-state index is 5.97. The Morgan fingerprint density at radius 2 is 1.95 bits per heavy atom. The Hall–Kier alpha value is -1.97. The van der Waals surface area contributed by atoms with Crippen molar-refractivity contribution in [2.75, 3.05) is 12.3 Å². The predicted molar refractivity (Wildman–Crippen MR) is 87.4 cm³/mol. The van der Waals surface area contributed by atoms with E-state index in [4.69, 9.17) is 10.5 Å². The highest BCUT2D eigenvalue weighted by Gasteiger charge is 2.13. The van der Waals surface area contributed by atoms with Crippen LogP contribution in [-0.2, 0) is 6.42 Å². The van der Waals surface area contributed by atoms with Crippen LogP contribution in [0.5, 0.6) is 5.75 Å². The van der Waals surface area contributed by atoms with Gasteiger partial charge in [-0.25, -0.2) is 0 Å². The van der Waals surface area contributed by atoms with E-state index in [2.05, 4.69) is 43.1 Å².